The third kappa shape index (κ3) is 7.52. The maximum Gasteiger partial charge on any atom is 0.154 e. The van der Waals surface area contributed by atoms with Crippen LogP contribution in [-0.4, -0.2) is 11.7 Å². The fraction of sp³-hybridized carbons (Fsp3) is 0.0545. The highest BCUT2D eigenvalue weighted by molar-refractivity contribution is 6.21. The highest BCUT2D eigenvalue weighted by Gasteiger charge is 2.24. The van der Waals surface area contributed by atoms with E-state index in [2.05, 4.69) is 158 Å². The van der Waals surface area contributed by atoms with Crippen LogP contribution in [0, 0.1) is 12.3 Å². The third-order valence-corrected chi connectivity index (χ3v) is 11.0. The molecule has 4 nitrogen and oxygen atoms in total. The van der Waals surface area contributed by atoms with Crippen molar-refractivity contribution in [2.45, 2.75) is 19.3 Å². The van der Waals surface area contributed by atoms with Gasteiger partial charge in [0.15, 0.2) is 5.84 Å². The molecule has 0 bridgehead atoms. The number of hydrogen-bond acceptors (Lipinski definition) is 2. The van der Waals surface area contributed by atoms with E-state index in [1.807, 2.05) is 60.7 Å². The number of furan rings is 1. The van der Waals surface area contributed by atoms with Crippen LogP contribution in [-0.2, 0) is 0 Å². The van der Waals surface area contributed by atoms with E-state index < -0.39 is 0 Å². The zero-order valence-corrected chi connectivity index (χ0v) is 32.8. The fourth-order valence-corrected chi connectivity index (χ4v) is 8.09. The first kappa shape index (κ1) is 37.0. The molecule has 0 saturated carbocycles. The van der Waals surface area contributed by atoms with E-state index in [0.717, 1.165) is 78.1 Å². The Hall–Kier alpha value is -7.56. The summed E-state index contributed by atoms with van der Waals surface area (Å²) in [5, 5.41) is 12.8. The second kappa shape index (κ2) is 16.5. The number of aliphatic imine (C=N–C) groups is 1. The van der Waals surface area contributed by atoms with Crippen molar-refractivity contribution in [2.24, 2.45) is 10.7 Å². The Balaban J connectivity index is 0.000000583. The first-order chi connectivity index (χ1) is 29.0. The average Bonchev–Trinajstić information content (AvgIpc) is 3.69. The number of aryl methyl sites for hydroxylation is 1. The number of nitrogens with zero attached hydrogens (tertiary/aromatic N) is 1. The molecule has 0 saturated heterocycles. The van der Waals surface area contributed by atoms with Gasteiger partial charge in [-0.1, -0.05) is 200 Å². The lowest BCUT2D eigenvalue weighted by Gasteiger charge is -2.17. The van der Waals surface area contributed by atoms with Crippen LogP contribution in [0.25, 0.3) is 66.1 Å². The minimum Gasteiger partial charge on any atom is -0.455 e. The normalized spacial score (nSPS) is 13.7. The summed E-state index contributed by atoms with van der Waals surface area (Å²) in [6.07, 6.45) is 9.66. The van der Waals surface area contributed by atoms with Crippen molar-refractivity contribution >= 4 is 44.4 Å². The Morgan fingerprint density at radius 3 is 1.86 bits per heavy atom. The lowest BCUT2D eigenvalue weighted by atomic mass is 9.86. The second-order valence-electron chi connectivity index (χ2n) is 14.9. The van der Waals surface area contributed by atoms with E-state index in [1.54, 1.807) is 0 Å². The summed E-state index contributed by atoms with van der Waals surface area (Å²) in [7, 11) is 0. The smallest absolute Gasteiger partial charge is 0.154 e. The predicted octanol–water partition coefficient (Wildman–Crippen LogP) is 14.1. The number of hydrogen-bond donors (Lipinski definition) is 2. The van der Waals surface area contributed by atoms with Crippen LogP contribution < -0.4 is 5.73 Å². The number of amidine groups is 2. The minimum atomic E-state index is 0.128. The van der Waals surface area contributed by atoms with Crippen LogP contribution in [0.1, 0.15) is 34.6 Å². The van der Waals surface area contributed by atoms with E-state index in [1.165, 1.54) is 11.1 Å². The lowest BCUT2D eigenvalue weighted by Crippen LogP contribution is -2.16. The summed E-state index contributed by atoms with van der Waals surface area (Å²) in [6.45, 7) is 2.08. The van der Waals surface area contributed by atoms with Gasteiger partial charge in [-0.25, -0.2) is 4.99 Å². The molecule has 1 heterocycles. The fourth-order valence-electron chi connectivity index (χ4n) is 8.09. The molecule has 1 aliphatic carbocycles. The molecule has 0 aliphatic heterocycles. The van der Waals surface area contributed by atoms with Crippen LogP contribution in [0.2, 0.25) is 0 Å². The van der Waals surface area contributed by atoms with Crippen molar-refractivity contribution in [3.05, 3.63) is 229 Å². The summed E-state index contributed by atoms with van der Waals surface area (Å²) in [4.78, 5) is 4.54. The molecule has 0 amide bonds. The molecule has 1 aliphatic rings. The molecule has 59 heavy (non-hydrogen) atoms. The Bertz CT molecular complexity index is 3030. The van der Waals surface area contributed by atoms with Gasteiger partial charge in [0.2, 0.25) is 0 Å². The third-order valence-electron chi connectivity index (χ3n) is 11.0. The van der Waals surface area contributed by atoms with Gasteiger partial charge < -0.3 is 10.2 Å². The Labute approximate surface area is 344 Å². The maximum atomic E-state index is 8.62. The highest BCUT2D eigenvalue weighted by atomic mass is 16.3. The Morgan fingerprint density at radius 1 is 0.576 bits per heavy atom. The van der Waals surface area contributed by atoms with Gasteiger partial charge >= 0.3 is 0 Å². The van der Waals surface area contributed by atoms with Crippen LogP contribution >= 0.6 is 0 Å². The molecular weight excluding hydrogens is 719 g/mol. The number of benzene rings is 8. The van der Waals surface area contributed by atoms with E-state index in [-0.39, 0.29) is 11.8 Å². The van der Waals surface area contributed by atoms with Crippen LogP contribution in [0.5, 0.6) is 0 Å². The van der Waals surface area contributed by atoms with E-state index in [9.17, 15) is 0 Å². The van der Waals surface area contributed by atoms with Gasteiger partial charge in [0, 0.05) is 38.9 Å². The standard InChI is InChI=1S/C48H35N3O.C7H8/c49-47(34-21-11-4-12-22-34)51-48(50)41-28-26-39(37-23-13-14-24-38(37)41)40-27-25-36(32-17-7-2-8-18-32)46-44(40)43-30-35(31-15-5-1-6-16-31)29-42(45(43)52-46)33-19-9-3-10-20-33;1-7-5-3-2-4-6-7/h1-17,19-30,32H,18H2,(H3,49,50,51);2-6H,1H3. The zero-order valence-electron chi connectivity index (χ0n) is 32.8. The zero-order chi connectivity index (χ0) is 40.1. The molecule has 284 valence electrons. The van der Waals surface area contributed by atoms with Crippen LogP contribution in [0.4, 0.5) is 0 Å². The number of fused-ring (bicyclic) bond motifs is 4. The van der Waals surface area contributed by atoms with Crippen molar-refractivity contribution in [3.63, 3.8) is 0 Å². The molecular formula is C55H43N3O. The highest BCUT2D eigenvalue weighted by Crippen LogP contribution is 2.47. The van der Waals surface area contributed by atoms with Gasteiger partial charge in [0.05, 0.1) is 0 Å². The first-order valence-electron chi connectivity index (χ1n) is 20.0. The minimum absolute atomic E-state index is 0.128. The van der Waals surface area contributed by atoms with E-state index in [0.29, 0.717) is 11.4 Å². The largest absolute Gasteiger partial charge is 0.455 e. The van der Waals surface area contributed by atoms with Gasteiger partial charge in [0.25, 0.3) is 0 Å². The van der Waals surface area contributed by atoms with Crippen molar-refractivity contribution in [1.82, 2.24) is 0 Å². The summed E-state index contributed by atoms with van der Waals surface area (Å²) in [5.74, 6) is 0.636. The summed E-state index contributed by atoms with van der Waals surface area (Å²) >= 11 is 0. The quantitative estimate of drug-likeness (QED) is 0.131. The number of rotatable bonds is 6. The van der Waals surface area contributed by atoms with Crippen molar-refractivity contribution in [1.29, 1.82) is 5.41 Å². The Kier molecular flexibility index (Phi) is 10.4. The van der Waals surface area contributed by atoms with Gasteiger partial charge in [-0.3, -0.25) is 5.41 Å². The number of nitrogens with one attached hydrogen (secondary N) is 1. The summed E-state index contributed by atoms with van der Waals surface area (Å²) in [6, 6.07) is 62.4. The molecule has 8 aromatic carbocycles. The van der Waals surface area contributed by atoms with E-state index in [4.69, 9.17) is 15.6 Å². The molecule has 0 radical (unpaired) electrons. The SMILES string of the molecule is Cc1ccccc1.N=C(N=C(N)c1ccc(-c2ccc(C3C=CC=CC3)c3oc4c(-c5ccccc5)cc(-c5ccccc5)cc4c23)c2ccccc12)c1ccccc1. The molecule has 0 fully saturated rings. The molecule has 4 heteroatoms. The van der Waals surface area contributed by atoms with E-state index >= 15 is 0 Å². The Morgan fingerprint density at radius 2 is 1.20 bits per heavy atom. The van der Waals surface area contributed by atoms with Gasteiger partial charge in [-0.15, -0.1) is 0 Å². The molecule has 1 aromatic heterocycles. The molecule has 3 N–H and O–H groups in total. The number of allylic oxidation sites excluding steroid dienone is 4. The average molecular weight is 762 g/mol. The molecule has 0 spiro atoms. The molecule has 9 aromatic rings. The summed E-state index contributed by atoms with van der Waals surface area (Å²) < 4.78 is 7.11. The number of nitrogens with two attached hydrogens (primary N) is 1. The lowest BCUT2D eigenvalue weighted by molar-refractivity contribution is 0.658. The second-order valence-corrected chi connectivity index (χ2v) is 14.9. The molecule has 1 unspecified atom stereocenters. The van der Waals surface area contributed by atoms with Crippen LogP contribution in [0.3, 0.4) is 0 Å². The summed E-state index contributed by atoms with van der Waals surface area (Å²) in [5.41, 5.74) is 19.1. The molecule has 1 atom stereocenters. The van der Waals surface area contributed by atoms with Crippen molar-refractivity contribution in [2.75, 3.05) is 0 Å². The maximum absolute atomic E-state index is 8.62. The van der Waals surface area contributed by atoms with Gasteiger partial charge in [-0.2, -0.15) is 0 Å². The molecule has 10 rings (SSSR count). The van der Waals surface area contributed by atoms with Gasteiger partial charge in [0.1, 0.15) is 17.0 Å². The van der Waals surface area contributed by atoms with Crippen LogP contribution in [0.15, 0.2) is 216 Å². The first-order valence-corrected chi connectivity index (χ1v) is 20.0. The van der Waals surface area contributed by atoms with Crippen molar-refractivity contribution < 1.29 is 4.42 Å². The predicted molar refractivity (Wildman–Crippen MR) is 248 cm³/mol. The van der Waals surface area contributed by atoms with Gasteiger partial charge in [-0.05, 0) is 64.1 Å². The topological polar surface area (TPSA) is 75.4 Å². The monoisotopic (exact) mass is 761 g/mol. The van der Waals surface area contributed by atoms with Crippen molar-refractivity contribution in [3.8, 4) is 33.4 Å².